The van der Waals surface area contributed by atoms with Crippen LogP contribution in [0.3, 0.4) is 0 Å². The lowest BCUT2D eigenvalue weighted by Gasteiger charge is -2.19. The molecular weight excluding hydrogens is 238 g/mol. The summed E-state index contributed by atoms with van der Waals surface area (Å²) in [6, 6.07) is 7.63. The predicted molar refractivity (Wildman–Crippen MR) is 71.4 cm³/mol. The molecule has 0 spiro atoms. The van der Waals surface area contributed by atoms with Gasteiger partial charge in [-0.3, -0.25) is 0 Å². The number of benzene rings is 1. The van der Waals surface area contributed by atoms with Crippen LogP contribution in [0, 0.1) is 0 Å². The van der Waals surface area contributed by atoms with E-state index in [4.69, 9.17) is 11.6 Å². The highest BCUT2D eigenvalue weighted by Crippen LogP contribution is 2.34. The first-order valence-corrected chi connectivity index (χ1v) is 7.48. The van der Waals surface area contributed by atoms with Gasteiger partial charge in [0.15, 0.2) is 0 Å². The second-order valence-corrected chi connectivity index (χ2v) is 6.25. The molecule has 1 N–H and O–H groups in total. The van der Waals surface area contributed by atoms with E-state index in [-0.39, 0.29) is 0 Å². The summed E-state index contributed by atoms with van der Waals surface area (Å²) in [4.78, 5) is 0. The lowest BCUT2D eigenvalue weighted by Crippen LogP contribution is -2.31. The first-order valence-electron chi connectivity index (χ1n) is 5.95. The van der Waals surface area contributed by atoms with E-state index in [1.807, 2.05) is 6.07 Å². The van der Waals surface area contributed by atoms with Crippen LogP contribution in [-0.2, 0) is 6.42 Å². The number of aryl methyl sites for hydroxylation is 1. The molecule has 1 heterocycles. The van der Waals surface area contributed by atoms with Crippen molar-refractivity contribution in [3.63, 3.8) is 0 Å². The average Bonchev–Trinajstić information content (AvgIpc) is 2.89. The highest BCUT2D eigenvalue weighted by atomic mass is 35.5. The maximum absolute atomic E-state index is 6.02. The van der Waals surface area contributed by atoms with Gasteiger partial charge in [0.05, 0.1) is 0 Å². The van der Waals surface area contributed by atoms with Gasteiger partial charge in [-0.2, -0.15) is 11.8 Å². The third-order valence-electron chi connectivity index (χ3n) is 3.55. The van der Waals surface area contributed by atoms with E-state index >= 15 is 0 Å². The number of nitrogens with one attached hydrogen (secondary N) is 1. The quantitative estimate of drug-likeness (QED) is 0.867. The molecular formula is C13H16ClNS. The third-order valence-corrected chi connectivity index (χ3v) is 4.95. The van der Waals surface area contributed by atoms with Gasteiger partial charge in [0.2, 0.25) is 0 Å². The molecule has 2 atom stereocenters. The van der Waals surface area contributed by atoms with Crippen LogP contribution >= 0.6 is 23.4 Å². The highest BCUT2D eigenvalue weighted by molar-refractivity contribution is 7.99. The fraction of sp³-hybridized carbons (Fsp3) is 0.538. The third kappa shape index (κ3) is 2.11. The Morgan fingerprint density at radius 3 is 3.06 bits per heavy atom. The Hall–Kier alpha value is -0.180. The summed E-state index contributed by atoms with van der Waals surface area (Å²) in [6.45, 7) is 0. The van der Waals surface area contributed by atoms with Gasteiger partial charge in [0.1, 0.15) is 0 Å². The number of rotatable bonds is 2. The molecule has 0 radical (unpaired) electrons. The molecule has 16 heavy (non-hydrogen) atoms. The van der Waals surface area contributed by atoms with E-state index in [1.54, 1.807) is 0 Å². The van der Waals surface area contributed by atoms with Gasteiger partial charge in [-0.1, -0.05) is 17.7 Å². The molecule has 86 valence electrons. The maximum atomic E-state index is 6.02. The van der Waals surface area contributed by atoms with Crippen LogP contribution in [0.5, 0.6) is 0 Å². The first kappa shape index (κ1) is 10.9. The fourth-order valence-electron chi connectivity index (χ4n) is 2.71. The minimum absolute atomic E-state index is 0.566. The van der Waals surface area contributed by atoms with Crippen LogP contribution in [-0.4, -0.2) is 17.5 Å². The van der Waals surface area contributed by atoms with Crippen LogP contribution in [0.15, 0.2) is 18.2 Å². The molecule has 0 aromatic heterocycles. The van der Waals surface area contributed by atoms with E-state index in [0.29, 0.717) is 6.04 Å². The van der Waals surface area contributed by atoms with Crippen molar-refractivity contribution in [1.82, 2.24) is 5.32 Å². The Labute approximate surface area is 106 Å². The summed E-state index contributed by atoms with van der Waals surface area (Å²) in [6.07, 6.45) is 3.73. The van der Waals surface area contributed by atoms with E-state index in [1.165, 1.54) is 41.9 Å². The molecule has 1 saturated heterocycles. The van der Waals surface area contributed by atoms with Crippen molar-refractivity contribution >= 4 is 23.4 Å². The minimum atomic E-state index is 0.566. The Kier molecular flexibility index (Phi) is 3.14. The standard InChI is InChI=1S/C13H16ClNS/c14-10-2-3-12-9(7-10)1-4-13(12)15-11-5-6-16-8-11/h2-3,7,11,13,15H,1,4-6,8H2. The number of hydrogen-bond donors (Lipinski definition) is 1. The molecule has 0 bridgehead atoms. The van der Waals surface area contributed by atoms with Crippen molar-refractivity contribution in [2.75, 3.05) is 11.5 Å². The lowest BCUT2D eigenvalue weighted by atomic mass is 10.1. The Morgan fingerprint density at radius 2 is 2.25 bits per heavy atom. The smallest absolute Gasteiger partial charge is 0.0408 e. The number of hydrogen-bond acceptors (Lipinski definition) is 2. The summed E-state index contributed by atoms with van der Waals surface area (Å²) in [5, 5.41) is 4.66. The maximum Gasteiger partial charge on any atom is 0.0408 e. The van der Waals surface area contributed by atoms with Crippen LogP contribution < -0.4 is 5.32 Å². The second-order valence-electron chi connectivity index (χ2n) is 4.66. The van der Waals surface area contributed by atoms with Crippen LogP contribution in [0.4, 0.5) is 0 Å². The van der Waals surface area contributed by atoms with Crippen LogP contribution in [0.1, 0.15) is 30.0 Å². The minimum Gasteiger partial charge on any atom is -0.306 e. The monoisotopic (exact) mass is 253 g/mol. The van der Waals surface area contributed by atoms with Crippen molar-refractivity contribution in [1.29, 1.82) is 0 Å². The summed E-state index contributed by atoms with van der Waals surface area (Å²) in [5.74, 6) is 2.59. The zero-order valence-electron chi connectivity index (χ0n) is 9.21. The molecule has 1 aliphatic heterocycles. The normalized spacial score (nSPS) is 28.3. The van der Waals surface area contributed by atoms with E-state index in [2.05, 4.69) is 29.2 Å². The van der Waals surface area contributed by atoms with Crippen LogP contribution in [0.2, 0.25) is 5.02 Å². The Morgan fingerprint density at radius 1 is 1.31 bits per heavy atom. The van der Waals surface area contributed by atoms with E-state index in [9.17, 15) is 0 Å². The Bertz CT molecular complexity index is 388. The Balaban J connectivity index is 1.75. The molecule has 3 rings (SSSR count). The average molecular weight is 254 g/mol. The van der Waals surface area contributed by atoms with Gasteiger partial charge in [-0.25, -0.2) is 0 Å². The largest absolute Gasteiger partial charge is 0.306 e. The molecule has 1 aromatic rings. The second kappa shape index (κ2) is 4.59. The molecule has 1 aliphatic carbocycles. The summed E-state index contributed by atoms with van der Waals surface area (Å²) in [5.41, 5.74) is 2.91. The SMILES string of the molecule is Clc1ccc2c(c1)CCC2NC1CCSC1. The summed E-state index contributed by atoms with van der Waals surface area (Å²) >= 11 is 8.08. The van der Waals surface area contributed by atoms with Gasteiger partial charge in [0, 0.05) is 22.9 Å². The van der Waals surface area contributed by atoms with Gasteiger partial charge in [-0.15, -0.1) is 0 Å². The molecule has 0 amide bonds. The first-order chi connectivity index (χ1) is 7.83. The topological polar surface area (TPSA) is 12.0 Å². The molecule has 0 saturated carbocycles. The van der Waals surface area contributed by atoms with Gasteiger partial charge in [-0.05, 0) is 48.3 Å². The number of thioether (sulfide) groups is 1. The summed E-state index contributed by atoms with van der Waals surface area (Å²) in [7, 11) is 0. The van der Waals surface area contributed by atoms with Crippen molar-refractivity contribution in [2.45, 2.75) is 31.3 Å². The zero-order chi connectivity index (χ0) is 11.0. The molecule has 1 fully saturated rings. The molecule has 3 heteroatoms. The summed E-state index contributed by atoms with van der Waals surface area (Å²) < 4.78 is 0. The number of halogens is 1. The van der Waals surface area contributed by atoms with Gasteiger partial charge < -0.3 is 5.32 Å². The molecule has 1 aromatic carbocycles. The van der Waals surface area contributed by atoms with Crippen molar-refractivity contribution in [2.24, 2.45) is 0 Å². The van der Waals surface area contributed by atoms with Crippen LogP contribution in [0.25, 0.3) is 0 Å². The zero-order valence-corrected chi connectivity index (χ0v) is 10.8. The highest BCUT2D eigenvalue weighted by Gasteiger charge is 2.26. The van der Waals surface area contributed by atoms with Crippen molar-refractivity contribution in [3.05, 3.63) is 34.3 Å². The molecule has 2 unspecified atom stereocenters. The predicted octanol–water partition coefficient (Wildman–Crippen LogP) is 3.42. The van der Waals surface area contributed by atoms with Crippen molar-refractivity contribution in [3.8, 4) is 0 Å². The fourth-order valence-corrected chi connectivity index (χ4v) is 4.07. The molecule has 2 aliphatic rings. The van der Waals surface area contributed by atoms with Gasteiger partial charge in [0.25, 0.3) is 0 Å². The molecule has 1 nitrogen and oxygen atoms in total. The van der Waals surface area contributed by atoms with Crippen molar-refractivity contribution < 1.29 is 0 Å². The lowest BCUT2D eigenvalue weighted by molar-refractivity contribution is 0.459. The van der Waals surface area contributed by atoms with E-state index in [0.717, 1.165) is 11.1 Å². The van der Waals surface area contributed by atoms with E-state index < -0.39 is 0 Å². The number of fused-ring (bicyclic) bond motifs is 1. The van der Waals surface area contributed by atoms with Gasteiger partial charge >= 0.3 is 0 Å².